The van der Waals surface area contributed by atoms with E-state index in [0.717, 1.165) is 32.5 Å². The molecule has 154 valence electrons. The maximum absolute atomic E-state index is 13.1. The second-order valence-corrected chi connectivity index (χ2v) is 7.37. The first-order chi connectivity index (χ1) is 15.2. The second kappa shape index (κ2) is 9.47. The molecule has 0 saturated heterocycles. The quantitative estimate of drug-likeness (QED) is 0.346. The van der Waals surface area contributed by atoms with Crippen LogP contribution in [0.1, 0.15) is 5.56 Å². The second-order valence-electron chi connectivity index (χ2n) is 6.49. The highest BCUT2D eigenvalue weighted by atomic mass is 32.2. The molecule has 0 aliphatic carbocycles. The van der Waals surface area contributed by atoms with Crippen LogP contribution in [0.3, 0.4) is 0 Å². The number of methoxy groups -OCH3 is 1. The minimum Gasteiger partial charge on any atom is -0.480 e. The van der Waals surface area contributed by atoms with Crippen LogP contribution in [0, 0.1) is 17.7 Å². The molecule has 0 aliphatic heterocycles. The normalized spacial score (nSPS) is 10.4. The van der Waals surface area contributed by atoms with E-state index < -0.39 is 0 Å². The highest BCUT2D eigenvalue weighted by Crippen LogP contribution is 2.33. The minimum absolute atomic E-state index is 0.202. The number of hydrogen-bond donors (Lipinski definition) is 2. The van der Waals surface area contributed by atoms with Crippen molar-refractivity contribution in [2.45, 2.75) is 4.90 Å². The van der Waals surface area contributed by atoms with Crippen LogP contribution in [0.25, 0.3) is 22.0 Å². The van der Waals surface area contributed by atoms with Crippen molar-refractivity contribution in [3.8, 4) is 28.8 Å². The molecule has 5 nitrogen and oxygen atoms in total. The van der Waals surface area contributed by atoms with Gasteiger partial charge in [-0.25, -0.2) is 9.37 Å². The van der Waals surface area contributed by atoms with Crippen LogP contribution in [-0.2, 0) is 0 Å². The van der Waals surface area contributed by atoms with Gasteiger partial charge in [0.25, 0.3) is 0 Å². The lowest BCUT2D eigenvalue weighted by atomic mass is 10.0. The first-order valence-corrected chi connectivity index (χ1v) is 10.2. The Morgan fingerprint density at radius 1 is 1.06 bits per heavy atom. The number of hydrogen-bond acceptors (Lipinski definition) is 6. The molecular formula is C24H18FN3O2S. The SMILES string of the molecule is COc1ncc(-c2ccc3nccc(C#CCO)c3c2)cc1NSc1ccc(F)cc1. The Labute approximate surface area is 183 Å². The fourth-order valence-corrected chi connectivity index (χ4v) is 3.68. The van der Waals surface area contributed by atoms with E-state index in [2.05, 4.69) is 26.5 Å². The molecule has 0 fully saturated rings. The maximum atomic E-state index is 13.1. The monoisotopic (exact) mass is 431 g/mol. The number of nitrogens with one attached hydrogen (secondary N) is 1. The molecule has 0 radical (unpaired) electrons. The van der Waals surface area contributed by atoms with E-state index in [1.54, 1.807) is 31.6 Å². The summed E-state index contributed by atoms with van der Waals surface area (Å²) in [5, 5.41) is 9.92. The Hall–Kier alpha value is -3.60. The molecule has 31 heavy (non-hydrogen) atoms. The summed E-state index contributed by atoms with van der Waals surface area (Å²) in [4.78, 5) is 9.67. The molecule has 0 saturated carbocycles. The Bertz CT molecular complexity index is 1280. The molecule has 0 bridgehead atoms. The zero-order valence-electron chi connectivity index (χ0n) is 16.6. The third kappa shape index (κ3) is 4.77. The van der Waals surface area contributed by atoms with Crippen molar-refractivity contribution >= 4 is 28.5 Å². The number of ether oxygens (including phenoxy) is 1. The Balaban J connectivity index is 1.68. The van der Waals surface area contributed by atoms with Crippen molar-refractivity contribution in [2.75, 3.05) is 18.4 Å². The first kappa shape index (κ1) is 20.7. The number of aliphatic hydroxyl groups excluding tert-OH is 1. The number of halogens is 1. The summed E-state index contributed by atoms with van der Waals surface area (Å²) in [6, 6.07) is 15.9. The molecule has 4 rings (SSSR count). The zero-order valence-corrected chi connectivity index (χ0v) is 17.4. The predicted octanol–water partition coefficient (Wildman–Crippen LogP) is 4.91. The first-order valence-electron chi connectivity index (χ1n) is 9.39. The Morgan fingerprint density at radius 3 is 2.68 bits per heavy atom. The van der Waals surface area contributed by atoms with Gasteiger partial charge in [-0.05, 0) is 66.0 Å². The molecule has 0 atom stereocenters. The molecule has 2 aromatic carbocycles. The maximum Gasteiger partial charge on any atom is 0.237 e. The zero-order chi connectivity index (χ0) is 21.6. The summed E-state index contributed by atoms with van der Waals surface area (Å²) >= 11 is 1.34. The minimum atomic E-state index is -0.278. The highest BCUT2D eigenvalue weighted by molar-refractivity contribution is 8.00. The van der Waals surface area contributed by atoms with Crippen LogP contribution in [0.2, 0.25) is 0 Å². The lowest BCUT2D eigenvalue weighted by Crippen LogP contribution is -1.96. The molecule has 2 heterocycles. The van der Waals surface area contributed by atoms with E-state index >= 15 is 0 Å². The number of anilines is 1. The summed E-state index contributed by atoms with van der Waals surface area (Å²) in [6.45, 7) is -0.202. The van der Waals surface area contributed by atoms with Gasteiger partial charge in [-0.3, -0.25) is 4.98 Å². The van der Waals surface area contributed by atoms with Crippen LogP contribution < -0.4 is 9.46 Å². The number of nitrogens with zero attached hydrogens (tertiary/aromatic N) is 2. The van der Waals surface area contributed by atoms with Gasteiger partial charge in [-0.1, -0.05) is 17.9 Å². The summed E-state index contributed by atoms with van der Waals surface area (Å²) in [5.74, 6) is 5.83. The molecule has 2 aromatic heterocycles. The van der Waals surface area contributed by atoms with Crippen LogP contribution in [0.4, 0.5) is 10.1 Å². The summed E-state index contributed by atoms with van der Waals surface area (Å²) in [7, 11) is 1.56. The Kier molecular flexibility index (Phi) is 6.32. The number of aliphatic hydroxyl groups is 1. The highest BCUT2D eigenvalue weighted by Gasteiger charge is 2.10. The van der Waals surface area contributed by atoms with Gasteiger partial charge in [0.05, 0.1) is 12.6 Å². The number of benzene rings is 2. The average Bonchev–Trinajstić information content (AvgIpc) is 2.81. The smallest absolute Gasteiger partial charge is 0.237 e. The average molecular weight is 431 g/mol. The van der Waals surface area contributed by atoms with Crippen LogP contribution in [0.15, 0.2) is 71.9 Å². The van der Waals surface area contributed by atoms with Crippen LogP contribution >= 0.6 is 11.9 Å². The topological polar surface area (TPSA) is 67.3 Å². The molecule has 4 aromatic rings. The van der Waals surface area contributed by atoms with Gasteiger partial charge in [0.15, 0.2) is 0 Å². The van der Waals surface area contributed by atoms with Gasteiger partial charge in [0.1, 0.15) is 18.1 Å². The van der Waals surface area contributed by atoms with Crippen molar-refractivity contribution in [1.82, 2.24) is 9.97 Å². The number of pyridine rings is 2. The van der Waals surface area contributed by atoms with Gasteiger partial charge >= 0.3 is 0 Å². The van der Waals surface area contributed by atoms with E-state index in [4.69, 9.17) is 9.84 Å². The third-order valence-electron chi connectivity index (χ3n) is 4.51. The fraction of sp³-hybridized carbons (Fsp3) is 0.0833. The van der Waals surface area contributed by atoms with Gasteiger partial charge in [0.2, 0.25) is 5.88 Å². The molecule has 0 amide bonds. The van der Waals surface area contributed by atoms with E-state index in [-0.39, 0.29) is 12.4 Å². The van der Waals surface area contributed by atoms with Crippen LogP contribution in [-0.4, -0.2) is 28.8 Å². The van der Waals surface area contributed by atoms with Gasteiger partial charge < -0.3 is 14.6 Å². The van der Waals surface area contributed by atoms with E-state index in [1.165, 1.54) is 24.1 Å². The lowest BCUT2D eigenvalue weighted by Gasteiger charge is -2.12. The van der Waals surface area contributed by atoms with Crippen molar-refractivity contribution in [3.05, 3.63) is 78.4 Å². The lowest BCUT2D eigenvalue weighted by molar-refractivity contribution is 0.350. The van der Waals surface area contributed by atoms with Gasteiger partial charge in [-0.2, -0.15) is 0 Å². The van der Waals surface area contributed by atoms with Crippen LogP contribution in [0.5, 0.6) is 5.88 Å². The van der Waals surface area contributed by atoms with Crippen molar-refractivity contribution in [2.24, 2.45) is 0 Å². The van der Waals surface area contributed by atoms with Gasteiger partial charge in [0, 0.05) is 33.8 Å². The summed E-state index contributed by atoms with van der Waals surface area (Å²) in [6.07, 6.45) is 3.44. The molecule has 2 N–H and O–H groups in total. The number of rotatable bonds is 5. The number of fused-ring (bicyclic) bond motifs is 1. The third-order valence-corrected chi connectivity index (χ3v) is 5.34. The molecule has 0 unspecified atom stereocenters. The number of aromatic nitrogens is 2. The molecule has 0 aliphatic rings. The predicted molar refractivity (Wildman–Crippen MR) is 121 cm³/mol. The van der Waals surface area contributed by atoms with E-state index in [0.29, 0.717) is 11.6 Å². The summed E-state index contributed by atoms with van der Waals surface area (Å²) in [5.41, 5.74) is 4.14. The molecular weight excluding hydrogens is 413 g/mol. The standard InChI is InChI=1S/C24H18FN3O2S/c1-30-24-23(28-31-20-7-5-19(25)6-8-20)14-18(15-27-24)17-4-9-22-21(13-17)16(3-2-12-29)10-11-26-22/h4-11,13-15,28-29H,12H2,1H3. The largest absolute Gasteiger partial charge is 0.480 e. The van der Waals surface area contributed by atoms with E-state index in [9.17, 15) is 4.39 Å². The van der Waals surface area contributed by atoms with Crippen molar-refractivity contribution < 1.29 is 14.2 Å². The summed E-state index contributed by atoms with van der Waals surface area (Å²) < 4.78 is 21.7. The van der Waals surface area contributed by atoms with Gasteiger partial charge in [-0.15, -0.1) is 0 Å². The fourth-order valence-electron chi connectivity index (χ4n) is 3.03. The van der Waals surface area contributed by atoms with E-state index in [1.807, 2.05) is 30.3 Å². The van der Waals surface area contributed by atoms with Crippen molar-refractivity contribution in [3.63, 3.8) is 0 Å². The molecule has 0 spiro atoms. The molecule has 7 heteroatoms. The van der Waals surface area contributed by atoms with Crippen molar-refractivity contribution in [1.29, 1.82) is 0 Å². The Morgan fingerprint density at radius 2 is 1.90 bits per heavy atom.